The zero-order chi connectivity index (χ0) is 19.7. The number of hydrogen-bond acceptors (Lipinski definition) is 5. The predicted molar refractivity (Wildman–Crippen MR) is 103 cm³/mol. The Bertz CT molecular complexity index is 851. The normalized spacial score (nSPS) is 23.0. The van der Waals surface area contributed by atoms with Crippen molar-refractivity contribution in [3.05, 3.63) is 59.7 Å². The van der Waals surface area contributed by atoms with Crippen LogP contribution in [-0.2, 0) is 14.3 Å². The van der Waals surface area contributed by atoms with E-state index in [1.54, 1.807) is 0 Å². The third-order valence-corrected chi connectivity index (χ3v) is 5.71. The molecule has 1 fully saturated rings. The summed E-state index contributed by atoms with van der Waals surface area (Å²) in [4.78, 5) is 24.0. The Labute approximate surface area is 163 Å². The molecule has 2 aliphatic carbocycles. The number of nitrogens with one attached hydrogen (secondary N) is 1. The zero-order valence-electron chi connectivity index (χ0n) is 15.6. The summed E-state index contributed by atoms with van der Waals surface area (Å²) < 4.78 is 10.2. The maximum Gasteiger partial charge on any atom is 0.407 e. The molecule has 0 unspecified atom stereocenters. The summed E-state index contributed by atoms with van der Waals surface area (Å²) in [5.74, 6) is -0.788. The Morgan fingerprint density at radius 1 is 1.04 bits per heavy atom. The number of carbonyl (C=O) groups excluding carboxylic acids is 2. The summed E-state index contributed by atoms with van der Waals surface area (Å²) in [6.07, 6.45) is -0.750. The fourth-order valence-corrected chi connectivity index (χ4v) is 4.32. The van der Waals surface area contributed by atoms with Crippen LogP contribution in [0.2, 0.25) is 0 Å². The van der Waals surface area contributed by atoms with Crippen LogP contribution in [0.5, 0.6) is 0 Å². The average molecular weight is 381 g/mol. The summed E-state index contributed by atoms with van der Waals surface area (Å²) in [6.45, 7) is 0.211. The van der Waals surface area contributed by atoms with Crippen LogP contribution in [0.4, 0.5) is 4.79 Å². The molecule has 28 heavy (non-hydrogen) atoms. The van der Waals surface area contributed by atoms with Gasteiger partial charge in [-0.3, -0.25) is 4.79 Å². The van der Waals surface area contributed by atoms with Gasteiger partial charge in [0.1, 0.15) is 6.61 Å². The predicted octanol–water partition coefficient (Wildman–Crippen LogP) is 2.84. The summed E-state index contributed by atoms with van der Waals surface area (Å²) in [6, 6.07) is 15.7. The number of aliphatic hydroxyl groups is 1. The number of benzene rings is 2. The number of amides is 1. The fraction of sp³-hybridized carbons (Fsp3) is 0.364. The third-order valence-electron chi connectivity index (χ3n) is 5.71. The molecule has 4 rings (SSSR count). The number of alkyl carbamates (subject to hydrolysis) is 1. The second-order valence-corrected chi connectivity index (χ2v) is 7.34. The number of esters is 1. The molecule has 2 aliphatic rings. The molecule has 2 N–H and O–H groups in total. The van der Waals surface area contributed by atoms with Gasteiger partial charge in [-0.25, -0.2) is 4.79 Å². The Balaban J connectivity index is 1.40. The van der Waals surface area contributed by atoms with Crippen LogP contribution in [0, 0.1) is 5.92 Å². The number of hydrogen-bond donors (Lipinski definition) is 2. The molecule has 0 bridgehead atoms. The lowest BCUT2D eigenvalue weighted by Crippen LogP contribution is -2.40. The first-order valence-corrected chi connectivity index (χ1v) is 9.46. The van der Waals surface area contributed by atoms with Crippen molar-refractivity contribution in [2.45, 2.75) is 30.9 Å². The van der Waals surface area contributed by atoms with Crippen molar-refractivity contribution in [1.82, 2.24) is 5.32 Å². The second kappa shape index (κ2) is 7.64. The van der Waals surface area contributed by atoms with Gasteiger partial charge in [0, 0.05) is 5.92 Å². The molecule has 1 amide bonds. The average Bonchev–Trinajstić information content (AvgIpc) is 3.24. The quantitative estimate of drug-likeness (QED) is 0.796. The van der Waals surface area contributed by atoms with Crippen molar-refractivity contribution in [2.24, 2.45) is 5.92 Å². The first-order chi connectivity index (χ1) is 13.6. The fourth-order valence-electron chi connectivity index (χ4n) is 4.32. The molecule has 0 saturated heterocycles. The van der Waals surface area contributed by atoms with E-state index in [-0.39, 0.29) is 24.9 Å². The maximum absolute atomic E-state index is 12.3. The number of fused-ring (bicyclic) bond motifs is 3. The van der Waals surface area contributed by atoms with E-state index in [0.29, 0.717) is 6.42 Å². The van der Waals surface area contributed by atoms with Crippen molar-refractivity contribution >= 4 is 12.1 Å². The van der Waals surface area contributed by atoms with Gasteiger partial charge in [-0.2, -0.15) is 0 Å². The molecule has 6 nitrogen and oxygen atoms in total. The molecular formula is C22H23NO5. The van der Waals surface area contributed by atoms with Gasteiger partial charge in [0.2, 0.25) is 0 Å². The molecule has 2 aromatic rings. The highest BCUT2D eigenvalue weighted by atomic mass is 16.5. The van der Waals surface area contributed by atoms with E-state index in [1.165, 1.54) is 18.2 Å². The molecule has 0 spiro atoms. The van der Waals surface area contributed by atoms with E-state index in [4.69, 9.17) is 9.47 Å². The van der Waals surface area contributed by atoms with Gasteiger partial charge < -0.3 is 19.9 Å². The molecule has 0 radical (unpaired) electrons. The highest BCUT2D eigenvalue weighted by Crippen LogP contribution is 2.44. The summed E-state index contributed by atoms with van der Waals surface area (Å²) in [5.41, 5.74) is 4.62. The molecule has 6 heteroatoms. The monoisotopic (exact) mass is 381 g/mol. The standard InChI is InChI=1S/C22H23NO5/c1-27-21(25)13-10-19(20(24)11-13)23-22(26)28-12-18-16-8-4-2-6-14(16)15-7-3-5-9-17(15)18/h2-9,13,18-20,24H,10-12H2,1H3,(H,23,26)/t13-,19+,20-/m1/s1. The number of carbonyl (C=O) groups is 2. The highest BCUT2D eigenvalue weighted by Gasteiger charge is 2.39. The minimum atomic E-state index is -0.787. The molecule has 0 aliphatic heterocycles. The summed E-state index contributed by atoms with van der Waals surface area (Å²) in [7, 11) is 1.32. The van der Waals surface area contributed by atoms with Gasteiger partial charge >= 0.3 is 12.1 Å². The summed E-state index contributed by atoms with van der Waals surface area (Å²) in [5, 5.41) is 12.8. The topological polar surface area (TPSA) is 84.9 Å². The molecule has 1 saturated carbocycles. The van der Waals surface area contributed by atoms with Crippen LogP contribution >= 0.6 is 0 Å². The van der Waals surface area contributed by atoms with Gasteiger partial charge in [-0.05, 0) is 35.1 Å². The van der Waals surface area contributed by atoms with Gasteiger partial charge in [-0.1, -0.05) is 48.5 Å². The third kappa shape index (κ3) is 3.36. The van der Waals surface area contributed by atoms with Crippen molar-refractivity contribution in [3.8, 4) is 11.1 Å². The van der Waals surface area contributed by atoms with Gasteiger partial charge in [-0.15, -0.1) is 0 Å². The number of aliphatic hydroxyl groups excluding tert-OH is 1. The number of rotatable bonds is 4. The Hall–Kier alpha value is -2.86. The van der Waals surface area contributed by atoms with Crippen molar-refractivity contribution in [1.29, 1.82) is 0 Å². The van der Waals surface area contributed by atoms with E-state index in [1.807, 2.05) is 24.3 Å². The molecule has 2 aromatic carbocycles. The molecular weight excluding hydrogens is 358 g/mol. The van der Waals surface area contributed by atoms with Gasteiger partial charge in [0.15, 0.2) is 0 Å². The van der Waals surface area contributed by atoms with E-state index in [0.717, 1.165) is 11.1 Å². The van der Waals surface area contributed by atoms with E-state index >= 15 is 0 Å². The van der Waals surface area contributed by atoms with Crippen LogP contribution in [0.15, 0.2) is 48.5 Å². The van der Waals surface area contributed by atoms with E-state index < -0.39 is 24.2 Å². The van der Waals surface area contributed by atoms with Gasteiger partial charge in [0.25, 0.3) is 0 Å². The van der Waals surface area contributed by atoms with Crippen LogP contribution in [0.3, 0.4) is 0 Å². The lowest BCUT2D eigenvalue weighted by atomic mass is 9.98. The molecule has 146 valence electrons. The van der Waals surface area contributed by atoms with Crippen LogP contribution in [0.25, 0.3) is 11.1 Å². The maximum atomic E-state index is 12.3. The lowest BCUT2D eigenvalue weighted by Gasteiger charge is -2.18. The first-order valence-electron chi connectivity index (χ1n) is 9.46. The Morgan fingerprint density at radius 3 is 2.25 bits per heavy atom. The number of methoxy groups -OCH3 is 1. The number of ether oxygens (including phenoxy) is 2. The Kier molecular flexibility index (Phi) is 5.05. The van der Waals surface area contributed by atoms with E-state index in [2.05, 4.69) is 29.6 Å². The molecule has 3 atom stereocenters. The largest absolute Gasteiger partial charge is 0.469 e. The smallest absolute Gasteiger partial charge is 0.407 e. The first kappa shape index (κ1) is 18.5. The van der Waals surface area contributed by atoms with Crippen molar-refractivity contribution < 1.29 is 24.2 Å². The van der Waals surface area contributed by atoms with Crippen molar-refractivity contribution in [3.63, 3.8) is 0 Å². The zero-order valence-corrected chi connectivity index (χ0v) is 15.6. The van der Waals surface area contributed by atoms with Crippen LogP contribution in [-0.4, -0.2) is 43.0 Å². The summed E-state index contributed by atoms with van der Waals surface area (Å²) >= 11 is 0. The minimum absolute atomic E-state index is 0.0190. The SMILES string of the molecule is COC(=O)[C@H]1C[C@@H](O)[C@@H](NC(=O)OCC2c3ccccc3-c3ccccc32)C1. The van der Waals surface area contributed by atoms with Gasteiger partial charge in [0.05, 0.1) is 25.2 Å². The van der Waals surface area contributed by atoms with Crippen LogP contribution in [0.1, 0.15) is 29.9 Å². The molecule has 0 heterocycles. The Morgan fingerprint density at radius 2 is 1.64 bits per heavy atom. The lowest BCUT2D eigenvalue weighted by molar-refractivity contribution is -0.145. The second-order valence-electron chi connectivity index (χ2n) is 7.34. The highest BCUT2D eigenvalue weighted by molar-refractivity contribution is 5.79. The molecule has 0 aromatic heterocycles. The van der Waals surface area contributed by atoms with E-state index in [9.17, 15) is 14.7 Å². The minimum Gasteiger partial charge on any atom is -0.469 e. The van der Waals surface area contributed by atoms with Crippen LogP contribution < -0.4 is 5.32 Å². The van der Waals surface area contributed by atoms with Crippen molar-refractivity contribution in [2.75, 3.05) is 13.7 Å².